The molecule has 0 bridgehead atoms. The Morgan fingerprint density at radius 3 is 2.89 bits per heavy atom. The van der Waals surface area contributed by atoms with E-state index in [1.54, 1.807) is 11.8 Å². The summed E-state index contributed by atoms with van der Waals surface area (Å²) in [5.74, 6) is 1.24. The van der Waals surface area contributed by atoms with Crippen LogP contribution in [0, 0.1) is 5.92 Å². The van der Waals surface area contributed by atoms with Gasteiger partial charge in [-0.3, -0.25) is 4.31 Å². The van der Waals surface area contributed by atoms with E-state index in [4.69, 9.17) is 11.6 Å². The van der Waals surface area contributed by atoms with Crippen LogP contribution in [0.2, 0.25) is 0 Å². The lowest BCUT2D eigenvalue weighted by molar-refractivity contribution is 0.578. The van der Waals surface area contributed by atoms with Crippen LogP contribution in [0.4, 0.5) is 5.69 Å². The summed E-state index contributed by atoms with van der Waals surface area (Å²) in [5.41, 5.74) is 0.801. The fourth-order valence-corrected chi connectivity index (χ4v) is 5.18. The van der Waals surface area contributed by atoms with Gasteiger partial charge in [0.1, 0.15) is 0 Å². The van der Waals surface area contributed by atoms with E-state index in [-0.39, 0.29) is 11.7 Å². The van der Waals surface area contributed by atoms with E-state index >= 15 is 0 Å². The minimum atomic E-state index is -3.27. The number of halogens is 1. The molecule has 1 aliphatic heterocycles. The number of para-hydroxylation sites is 1. The van der Waals surface area contributed by atoms with Crippen molar-refractivity contribution >= 4 is 39.1 Å². The number of sulfonamides is 1. The van der Waals surface area contributed by atoms with Crippen LogP contribution < -0.4 is 4.31 Å². The Bertz CT molecular complexity index is 519. The monoisotopic (exact) mass is 305 g/mol. The van der Waals surface area contributed by atoms with E-state index < -0.39 is 10.0 Å². The van der Waals surface area contributed by atoms with Gasteiger partial charge in [0.25, 0.3) is 0 Å². The van der Waals surface area contributed by atoms with Crippen molar-refractivity contribution < 1.29 is 8.42 Å². The first-order valence-corrected chi connectivity index (χ1v) is 8.95. The van der Waals surface area contributed by atoms with Crippen molar-refractivity contribution in [2.24, 2.45) is 5.92 Å². The van der Waals surface area contributed by atoms with Crippen LogP contribution in [-0.2, 0) is 10.0 Å². The summed E-state index contributed by atoms with van der Waals surface area (Å²) < 4.78 is 26.3. The molecule has 2 rings (SSSR count). The largest absolute Gasteiger partial charge is 0.268 e. The van der Waals surface area contributed by atoms with Crippen LogP contribution in [0.5, 0.6) is 0 Å². The summed E-state index contributed by atoms with van der Waals surface area (Å²) >= 11 is 7.41. The molecule has 1 unspecified atom stereocenters. The van der Waals surface area contributed by atoms with Crippen LogP contribution in [0.25, 0.3) is 0 Å². The Hall–Kier alpha value is -0.390. The van der Waals surface area contributed by atoms with Crippen molar-refractivity contribution in [3.63, 3.8) is 0 Å². The number of alkyl halides is 1. The van der Waals surface area contributed by atoms with Crippen molar-refractivity contribution in [1.82, 2.24) is 0 Å². The van der Waals surface area contributed by atoms with E-state index in [9.17, 15) is 8.42 Å². The third kappa shape index (κ3) is 2.95. The number of hydrogen-bond donors (Lipinski definition) is 0. The third-order valence-electron chi connectivity index (χ3n) is 2.78. The van der Waals surface area contributed by atoms with Crippen LogP contribution in [-0.4, -0.2) is 32.3 Å². The maximum Gasteiger partial charge on any atom is 0.235 e. The maximum absolute atomic E-state index is 12.4. The smallest absolute Gasteiger partial charge is 0.235 e. The third-order valence-corrected chi connectivity index (χ3v) is 6.39. The van der Waals surface area contributed by atoms with E-state index in [2.05, 4.69) is 0 Å². The highest BCUT2D eigenvalue weighted by atomic mass is 35.5. The van der Waals surface area contributed by atoms with Gasteiger partial charge >= 0.3 is 0 Å². The molecule has 6 heteroatoms. The number of nitrogens with zero attached hydrogens (tertiary/aromatic N) is 1. The first-order valence-electron chi connectivity index (χ1n) is 5.83. The second-order valence-corrected chi connectivity index (χ2v) is 7.81. The first kappa shape index (κ1) is 14.0. The molecular formula is C12H16ClNO2S2. The van der Waals surface area contributed by atoms with Crippen molar-refractivity contribution in [1.29, 1.82) is 0 Å². The maximum atomic E-state index is 12.4. The first-order chi connectivity index (χ1) is 8.54. The summed E-state index contributed by atoms with van der Waals surface area (Å²) in [5, 5.41) is 0. The minimum absolute atomic E-state index is 0.0293. The zero-order chi connectivity index (χ0) is 13.2. The Morgan fingerprint density at radius 1 is 1.44 bits per heavy atom. The van der Waals surface area contributed by atoms with Crippen molar-refractivity contribution in [2.45, 2.75) is 11.8 Å². The highest BCUT2D eigenvalue weighted by molar-refractivity contribution is 8.00. The molecule has 100 valence electrons. The normalized spacial score (nSPS) is 17.3. The zero-order valence-electron chi connectivity index (χ0n) is 10.2. The molecule has 1 atom stereocenters. The molecule has 0 saturated carbocycles. The summed E-state index contributed by atoms with van der Waals surface area (Å²) in [6, 6.07) is 7.64. The highest BCUT2D eigenvalue weighted by Crippen LogP contribution is 2.36. The van der Waals surface area contributed by atoms with Gasteiger partial charge in [0, 0.05) is 23.1 Å². The van der Waals surface area contributed by atoms with Gasteiger partial charge < -0.3 is 0 Å². The summed E-state index contributed by atoms with van der Waals surface area (Å²) in [6.45, 7) is 2.40. The summed E-state index contributed by atoms with van der Waals surface area (Å²) in [6.07, 6.45) is 0. The van der Waals surface area contributed by atoms with E-state index in [0.29, 0.717) is 12.4 Å². The summed E-state index contributed by atoms with van der Waals surface area (Å²) in [4.78, 5) is 1.03. The average Bonchev–Trinajstić information content (AvgIpc) is 2.37. The van der Waals surface area contributed by atoms with Gasteiger partial charge in [-0.05, 0) is 18.1 Å². The Labute approximate surface area is 118 Å². The van der Waals surface area contributed by atoms with Crippen LogP contribution in [0.15, 0.2) is 29.2 Å². The highest BCUT2D eigenvalue weighted by Gasteiger charge is 2.28. The number of hydrogen-bond acceptors (Lipinski definition) is 3. The van der Waals surface area contributed by atoms with Crippen molar-refractivity contribution in [2.75, 3.05) is 28.2 Å². The zero-order valence-corrected chi connectivity index (χ0v) is 12.6. The molecule has 3 nitrogen and oxygen atoms in total. The van der Waals surface area contributed by atoms with Crippen LogP contribution >= 0.6 is 23.4 Å². The quantitative estimate of drug-likeness (QED) is 0.803. The predicted molar refractivity (Wildman–Crippen MR) is 78.2 cm³/mol. The van der Waals surface area contributed by atoms with Gasteiger partial charge in [0.05, 0.1) is 11.4 Å². The Balaban J connectivity index is 2.30. The van der Waals surface area contributed by atoms with Gasteiger partial charge in [0.15, 0.2) is 0 Å². The predicted octanol–water partition coefficient (Wildman–Crippen LogP) is 2.80. The molecule has 0 saturated heterocycles. The molecule has 1 heterocycles. The number of thioether (sulfide) groups is 1. The lowest BCUT2D eigenvalue weighted by Gasteiger charge is -2.30. The molecule has 0 aliphatic carbocycles. The lowest BCUT2D eigenvalue weighted by atomic mass is 10.3. The van der Waals surface area contributed by atoms with Gasteiger partial charge in [-0.15, -0.1) is 23.4 Å². The molecule has 0 spiro atoms. The second kappa shape index (κ2) is 5.72. The number of benzene rings is 1. The molecule has 1 aliphatic rings. The van der Waals surface area contributed by atoms with Crippen LogP contribution in [0.1, 0.15) is 6.92 Å². The van der Waals surface area contributed by atoms with Gasteiger partial charge in [0.2, 0.25) is 10.0 Å². The molecule has 0 radical (unpaired) electrons. The number of anilines is 1. The molecule has 1 aromatic carbocycles. The van der Waals surface area contributed by atoms with Crippen molar-refractivity contribution in [3.05, 3.63) is 24.3 Å². The molecule has 0 fully saturated rings. The molecule has 0 N–H and O–H groups in total. The van der Waals surface area contributed by atoms with E-state index in [0.717, 1.165) is 16.3 Å². The van der Waals surface area contributed by atoms with E-state index in [1.807, 2.05) is 31.2 Å². The number of fused-ring (bicyclic) bond motifs is 1. The molecule has 0 aromatic heterocycles. The topological polar surface area (TPSA) is 37.4 Å². The van der Waals surface area contributed by atoms with Gasteiger partial charge in [-0.1, -0.05) is 19.1 Å². The molecule has 1 aromatic rings. The second-order valence-electron chi connectivity index (χ2n) is 4.43. The Morgan fingerprint density at radius 2 is 2.17 bits per heavy atom. The minimum Gasteiger partial charge on any atom is -0.268 e. The van der Waals surface area contributed by atoms with Gasteiger partial charge in [-0.25, -0.2) is 8.42 Å². The molecule has 0 amide bonds. The van der Waals surface area contributed by atoms with Gasteiger partial charge in [-0.2, -0.15) is 0 Å². The molecular weight excluding hydrogens is 290 g/mol. The molecule has 18 heavy (non-hydrogen) atoms. The van der Waals surface area contributed by atoms with Crippen molar-refractivity contribution in [3.8, 4) is 0 Å². The fourth-order valence-electron chi connectivity index (χ4n) is 1.93. The lowest BCUT2D eigenvalue weighted by Crippen LogP contribution is -2.38. The fraction of sp³-hybridized carbons (Fsp3) is 0.500. The SMILES string of the molecule is CC(CCl)CS(=O)(=O)N1CCSc2ccccc21. The van der Waals surface area contributed by atoms with E-state index in [1.165, 1.54) is 4.31 Å². The number of rotatable bonds is 4. The Kier molecular flexibility index (Phi) is 4.45. The van der Waals surface area contributed by atoms with Crippen LogP contribution in [0.3, 0.4) is 0 Å². The average molecular weight is 306 g/mol. The summed E-state index contributed by atoms with van der Waals surface area (Å²) in [7, 11) is -3.27. The standard InChI is InChI=1S/C12H16ClNO2S2/c1-10(8-13)9-18(15,16)14-6-7-17-12-5-3-2-4-11(12)14/h2-5,10H,6-9H2,1H3.